The Morgan fingerprint density at radius 1 is 1.24 bits per heavy atom. The summed E-state index contributed by atoms with van der Waals surface area (Å²) in [5.74, 6) is -0.0481. The van der Waals surface area contributed by atoms with E-state index >= 15 is 0 Å². The highest BCUT2D eigenvalue weighted by Gasteiger charge is 2.04. The van der Waals surface area contributed by atoms with Crippen LogP contribution in [-0.4, -0.2) is 21.0 Å². The summed E-state index contributed by atoms with van der Waals surface area (Å²) in [6.07, 6.45) is 3.08. The van der Waals surface area contributed by atoms with Gasteiger partial charge in [0.15, 0.2) is 5.84 Å². The molecule has 1 aromatic heterocycles. The molecule has 6 heteroatoms. The summed E-state index contributed by atoms with van der Waals surface area (Å²) >= 11 is 1.46. The minimum absolute atomic E-state index is 0.0481. The summed E-state index contributed by atoms with van der Waals surface area (Å²) in [5, 5.41) is 12.1. The monoisotopic (exact) mass is 246 g/mol. The molecule has 17 heavy (non-hydrogen) atoms. The van der Waals surface area contributed by atoms with E-state index < -0.39 is 0 Å². The van der Waals surface area contributed by atoms with E-state index in [0.29, 0.717) is 10.7 Å². The van der Waals surface area contributed by atoms with Gasteiger partial charge in [-0.25, -0.2) is 4.98 Å². The zero-order chi connectivity index (χ0) is 12.1. The van der Waals surface area contributed by atoms with E-state index in [2.05, 4.69) is 15.1 Å². The number of amidine groups is 1. The minimum Gasteiger partial charge on any atom is -0.409 e. The largest absolute Gasteiger partial charge is 0.409 e. The number of hydrogen-bond acceptors (Lipinski definition) is 5. The molecule has 3 N–H and O–H groups in total. The van der Waals surface area contributed by atoms with Crippen LogP contribution < -0.4 is 5.73 Å². The lowest BCUT2D eigenvalue weighted by Gasteiger charge is -2.02. The lowest BCUT2D eigenvalue weighted by molar-refractivity contribution is 0.318. The van der Waals surface area contributed by atoms with Crippen molar-refractivity contribution in [2.45, 2.75) is 9.92 Å². The van der Waals surface area contributed by atoms with Gasteiger partial charge in [-0.05, 0) is 12.1 Å². The molecular weight excluding hydrogens is 236 g/mol. The Kier molecular flexibility index (Phi) is 3.56. The zero-order valence-electron chi connectivity index (χ0n) is 8.82. The molecule has 0 radical (unpaired) electrons. The molecule has 1 heterocycles. The molecule has 0 saturated heterocycles. The van der Waals surface area contributed by atoms with Crippen molar-refractivity contribution in [1.82, 2.24) is 9.97 Å². The Hall–Kier alpha value is -2.08. The average molecular weight is 246 g/mol. The molecule has 2 rings (SSSR count). The Morgan fingerprint density at radius 2 is 2.00 bits per heavy atom. The second kappa shape index (κ2) is 5.31. The number of nitrogens with two attached hydrogens (primary N) is 1. The number of rotatable bonds is 3. The van der Waals surface area contributed by atoms with Crippen LogP contribution in [0.4, 0.5) is 0 Å². The first-order valence-corrected chi connectivity index (χ1v) is 5.64. The van der Waals surface area contributed by atoms with Crippen LogP contribution >= 0.6 is 11.8 Å². The number of nitrogens with zero attached hydrogens (tertiary/aromatic N) is 3. The van der Waals surface area contributed by atoms with E-state index in [1.807, 2.05) is 30.3 Å². The van der Waals surface area contributed by atoms with Crippen molar-refractivity contribution in [3.63, 3.8) is 0 Å². The molecule has 0 fully saturated rings. The van der Waals surface area contributed by atoms with Crippen LogP contribution in [0.15, 0.2) is 57.8 Å². The van der Waals surface area contributed by atoms with Crippen molar-refractivity contribution in [3.05, 3.63) is 48.4 Å². The van der Waals surface area contributed by atoms with Crippen molar-refractivity contribution in [2.24, 2.45) is 10.9 Å². The van der Waals surface area contributed by atoms with E-state index in [9.17, 15) is 0 Å². The smallest absolute Gasteiger partial charge is 0.190 e. The summed E-state index contributed by atoms with van der Waals surface area (Å²) in [7, 11) is 0. The van der Waals surface area contributed by atoms with Crippen LogP contribution in [0.25, 0.3) is 0 Å². The first-order chi connectivity index (χ1) is 8.29. The molecule has 2 aromatic rings. The maximum Gasteiger partial charge on any atom is 0.190 e. The van der Waals surface area contributed by atoms with Crippen LogP contribution in [0.3, 0.4) is 0 Å². The molecule has 0 spiro atoms. The van der Waals surface area contributed by atoms with Crippen molar-refractivity contribution >= 4 is 17.6 Å². The molecule has 86 valence electrons. The first kappa shape index (κ1) is 11.4. The van der Waals surface area contributed by atoms with E-state index in [4.69, 9.17) is 10.9 Å². The Labute approximate surface area is 102 Å². The lowest BCUT2D eigenvalue weighted by Crippen LogP contribution is -2.15. The summed E-state index contributed by atoms with van der Waals surface area (Å²) in [4.78, 5) is 9.27. The Morgan fingerprint density at radius 3 is 2.71 bits per heavy atom. The summed E-state index contributed by atoms with van der Waals surface area (Å²) in [5.41, 5.74) is 5.80. The summed E-state index contributed by atoms with van der Waals surface area (Å²) in [6, 6.07) is 9.79. The number of benzene rings is 1. The predicted molar refractivity (Wildman–Crippen MR) is 65.1 cm³/mol. The van der Waals surface area contributed by atoms with Crippen LogP contribution in [0.5, 0.6) is 0 Å². The molecule has 0 bridgehead atoms. The van der Waals surface area contributed by atoms with Crippen molar-refractivity contribution in [3.8, 4) is 0 Å². The van der Waals surface area contributed by atoms with Gasteiger partial charge in [0.2, 0.25) is 0 Å². The van der Waals surface area contributed by atoms with Gasteiger partial charge in [0.05, 0.1) is 12.4 Å². The van der Waals surface area contributed by atoms with Crippen molar-refractivity contribution in [2.75, 3.05) is 0 Å². The number of aromatic nitrogens is 2. The van der Waals surface area contributed by atoms with Crippen molar-refractivity contribution in [1.29, 1.82) is 0 Å². The lowest BCUT2D eigenvalue weighted by atomic mass is 10.4. The van der Waals surface area contributed by atoms with Crippen molar-refractivity contribution < 1.29 is 5.21 Å². The van der Waals surface area contributed by atoms with Gasteiger partial charge in [-0.3, -0.25) is 4.98 Å². The highest BCUT2D eigenvalue weighted by atomic mass is 32.2. The van der Waals surface area contributed by atoms with E-state index in [-0.39, 0.29) is 5.84 Å². The molecule has 0 atom stereocenters. The molecular formula is C11H10N4OS. The Bertz CT molecular complexity index is 530. The van der Waals surface area contributed by atoms with E-state index in [1.54, 1.807) is 6.20 Å². The van der Waals surface area contributed by atoms with Crippen LogP contribution in [0.1, 0.15) is 5.69 Å². The maximum atomic E-state index is 8.56. The molecule has 0 saturated carbocycles. The van der Waals surface area contributed by atoms with Crippen LogP contribution in [-0.2, 0) is 0 Å². The van der Waals surface area contributed by atoms with Gasteiger partial charge in [-0.15, -0.1) is 0 Å². The molecule has 0 aliphatic rings. The predicted octanol–water partition coefficient (Wildman–Crippen LogP) is 1.72. The highest BCUT2D eigenvalue weighted by molar-refractivity contribution is 7.99. The van der Waals surface area contributed by atoms with Gasteiger partial charge >= 0.3 is 0 Å². The number of hydrogen-bond donors (Lipinski definition) is 2. The minimum atomic E-state index is -0.0481. The topological polar surface area (TPSA) is 84.4 Å². The fourth-order valence-electron chi connectivity index (χ4n) is 1.18. The second-order valence-corrected chi connectivity index (χ2v) is 4.24. The summed E-state index contributed by atoms with van der Waals surface area (Å²) < 4.78 is 0. The molecule has 1 aromatic carbocycles. The zero-order valence-corrected chi connectivity index (χ0v) is 9.63. The molecule has 0 amide bonds. The normalized spacial score (nSPS) is 11.4. The van der Waals surface area contributed by atoms with Gasteiger partial charge in [0.25, 0.3) is 0 Å². The van der Waals surface area contributed by atoms with Gasteiger partial charge in [0, 0.05) is 4.90 Å². The Balaban J connectivity index is 2.23. The standard InChI is InChI=1S/C11H10N4OS/c12-11(15-16)9-6-13-7-10(14-9)17-8-4-2-1-3-5-8/h1-7,16H,(H2,12,15). The van der Waals surface area contributed by atoms with Gasteiger partial charge < -0.3 is 10.9 Å². The fourth-order valence-corrected chi connectivity index (χ4v) is 1.97. The average Bonchev–Trinajstić information content (AvgIpc) is 2.39. The van der Waals surface area contributed by atoms with Crippen LogP contribution in [0.2, 0.25) is 0 Å². The third-order valence-corrected chi connectivity index (χ3v) is 2.86. The molecule has 0 aliphatic carbocycles. The fraction of sp³-hybridized carbons (Fsp3) is 0. The SMILES string of the molecule is N/C(=N\O)c1cncc(Sc2ccccc2)n1. The molecule has 0 unspecified atom stereocenters. The molecule has 5 nitrogen and oxygen atoms in total. The van der Waals surface area contributed by atoms with Gasteiger partial charge in [0.1, 0.15) is 10.7 Å². The third-order valence-electron chi connectivity index (χ3n) is 1.95. The quantitative estimate of drug-likeness (QED) is 0.373. The van der Waals surface area contributed by atoms with Crippen LogP contribution in [0, 0.1) is 0 Å². The summed E-state index contributed by atoms with van der Waals surface area (Å²) in [6.45, 7) is 0. The number of oxime groups is 1. The highest BCUT2D eigenvalue weighted by Crippen LogP contribution is 2.24. The first-order valence-electron chi connectivity index (χ1n) is 4.82. The third kappa shape index (κ3) is 2.94. The van der Waals surface area contributed by atoms with Gasteiger partial charge in [-0.2, -0.15) is 0 Å². The second-order valence-electron chi connectivity index (χ2n) is 3.14. The van der Waals surface area contributed by atoms with Gasteiger partial charge in [-0.1, -0.05) is 35.1 Å². The maximum absolute atomic E-state index is 8.56. The molecule has 0 aliphatic heterocycles. The van der Waals surface area contributed by atoms with E-state index in [0.717, 1.165) is 4.90 Å². The van der Waals surface area contributed by atoms with E-state index in [1.165, 1.54) is 18.0 Å².